The number of aromatic nitrogens is 3. The smallest absolute Gasteiger partial charge is 0.289 e. The molecular weight excluding hydrogens is 631 g/mol. The maximum Gasteiger partial charge on any atom is 0.289 e. The minimum absolute atomic E-state index is 0.00314. The van der Waals surface area contributed by atoms with Gasteiger partial charge in [0.15, 0.2) is 0 Å². The monoisotopic (exact) mass is 655 g/mol. The zero-order chi connectivity index (χ0) is 27.9. The van der Waals surface area contributed by atoms with Crippen molar-refractivity contribution in [3.63, 3.8) is 0 Å². The summed E-state index contributed by atoms with van der Waals surface area (Å²) < 4.78 is 60.0. The van der Waals surface area contributed by atoms with Crippen molar-refractivity contribution in [2.45, 2.75) is 32.6 Å². The van der Waals surface area contributed by atoms with Gasteiger partial charge in [-0.3, -0.25) is 14.3 Å². The maximum absolute atomic E-state index is 15.4. The van der Waals surface area contributed by atoms with E-state index in [4.69, 9.17) is 0 Å². The Morgan fingerprint density at radius 1 is 1.08 bits per heavy atom. The van der Waals surface area contributed by atoms with Crippen LogP contribution in [0.25, 0.3) is 22.2 Å². The highest BCUT2D eigenvalue weighted by atomic mass is 127. The van der Waals surface area contributed by atoms with Gasteiger partial charge < -0.3 is 9.88 Å². The standard InChI is InChI=1S/C25H24F2IN5O4S/c1-5-33-24(34)19-22(29-18-10-9-15(28)12-17(18)26)20(27)25(35)32(4)23(19)21(30-33)14-7-6-8-16(11-14)31-38(36,37)13(2)3/h6-13,29,31H,5H2,1-4H3. The average Bonchev–Trinajstić information content (AvgIpc) is 2.86. The molecule has 0 aliphatic carbocycles. The predicted molar refractivity (Wildman–Crippen MR) is 152 cm³/mol. The first-order chi connectivity index (χ1) is 17.9. The van der Waals surface area contributed by atoms with E-state index < -0.39 is 43.7 Å². The summed E-state index contributed by atoms with van der Waals surface area (Å²) >= 11 is 1.92. The van der Waals surface area contributed by atoms with Gasteiger partial charge in [-0.15, -0.1) is 0 Å². The number of hydrogen-bond acceptors (Lipinski definition) is 6. The van der Waals surface area contributed by atoms with Crippen LogP contribution in [0, 0.1) is 15.2 Å². The molecule has 9 nitrogen and oxygen atoms in total. The van der Waals surface area contributed by atoms with E-state index in [1.807, 2.05) is 22.6 Å². The van der Waals surface area contributed by atoms with Crippen LogP contribution in [-0.2, 0) is 23.6 Å². The molecule has 0 aliphatic heterocycles. The highest BCUT2D eigenvalue weighted by molar-refractivity contribution is 14.1. The van der Waals surface area contributed by atoms with Gasteiger partial charge in [0.1, 0.15) is 11.5 Å². The first-order valence-corrected chi connectivity index (χ1v) is 14.2. The van der Waals surface area contributed by atoms with Crippen molar-refractivity contribution in [3.05, 3.63) is 78.4 Å². The van der Waals surface area contributed by atoms with Gasteiger partial charge in [-0.2, -0.15) is 9.49 Å². The minimum atomic E-state index is -3.66. The Hall–Kier alpha value is -3.33. The second kappa shape index (κ2) is 10.4. The van der Waals surface area contributed by atoms with Gasteiger partial charge in [0, 0.05) is 28.4 Å². The lowest BCUT2D eigenvalue weighted by atomic mass is 10.1. The van der Waals surface area contributed by atoms with Gasteiger partial charge >= 0.3 is 0 Å². The summed E-state index contributed by atoms with van der Waals surface area (Å²) in [4.78, 5) is 26.4. The quantitative estimate of drug-likeness (QED) is 0.283. The van der Waals surface area contributed by atoms with Gasteiger partial charge in [-0.05, 0) is 73.7 Å². The molecule has 0 aliphatic rings. The number of hydrogen-bond donors (Lipinski definition) is 2. The molecule has 0 fully saturated rings. The van der Waals surface area contributed by atoms with Crippen LogP contribution >= 0.6 is 22.6 Å². The molecule has 2 heterocycles. The van der Waals surface area contributed by atoms with Crippen molar-refractivity contribution in [3.8, 4) is 11.3 Å². The summed E-state index contributed by atoms with van der Waals surface area (Å²) in [7, 11) is -2.36. The molecule has 0 atom stereocenters. The highest BCUT2D eigenvalue weighted by Gasteiger charge is 2.25. The number of fused-ring (bicyclic) bond motifs is 1. The van der Waals surface area contributed by atoms with Crippen LogP contribution in [-0.4, -0.2) is 28.0 Å². The Labute approximate surface area is 230 Å². The molecule has 13 heteroatoms. The minimum Gasteiger partial charge on any atom is -0.350 e. The summed E-state index contributed by atoms with van der Waals surface area (Å²) in [5, 5.41) is 6.12. The SMILES string of the molecule is CCn1nc(-c2cccc(NS(=O)(=O)C(C)C)c2)c2c(c(Nc3ccc(I)cc3F)c(F)c(=O)n2C)c1=O. The van der Waals surface area contributed by atoms with Crippen molar-refractivity contribution >= 4 is 60.6 Å². The molecule has 0 saturated carbocycles. The Morgan fingerprint density at radius 3 is 2.42 bits per heavy atom. The normalized spacial score (nSPS) is 11.8. The zero-order valence-corrected chi connectivity index (χ0v) is 23.8. The number of aryl methyl sites for hydroxylation is 2. The van der Waals surface area contributed by atoms with Crippen LogP contribution in [0.15, 0.2) is 52.1 Å². The summed E-state index contributed by atoms with van der Waals surface area (Å²) in [6.45, 7) is 4.85. The number of nitrogens with zero attached hydrogens (tertiary/aromatic N) is 3. The van der Waals surface area contributed by atoms with Crippen LogP contribution in [0.1, 0.15) is 20.8 Å². The number of benzene rings is 2. The highest BCUT2D eigenvalue weighted by Crippen LogP contribution is 2.32. The van der Waals surface area contributed by atoms with Crippen molar-refractivity contribution in [1.82, 2.24) is 14.3 Å². The largest absolute Gasteiger partial charge is 0.350 e. The lowest BCUT2D eigenvalue weighted by Crippen LogP contribution is -2.30. The van der Waals surface area contributed by atoms with Crippen molar-refractivity contribution in [2.75, 3.05) is 10.0 Å². The fraction of sp³-hybridized carbons (Fsp3) is 0.240. The Balaban J connectivity index is 2.05. The molecular formula is C25H24F2IN5O4S. The second-order valence-corrected chi connectivity index (χ2v) is 12.3. The summed E-state index contributed by atoms with van der Waals surface area (Å²) in [6.07, 6.45) is 0. The van der Waals surface area contributed by atoms with Gasteiger partial charge in [-0.25, -0.2) is 17.5 Å². The number of pyridine rings is 1. The van der Waals surface area contributed by atoms with Gasteiger partial charge in [0.2, 0.25) is 15.8 Å². The predicted octanol–water partition coefficient (Wildman–Crippen LogP) is 4.56. The van der Waals surface area contributed by atoms with E-state index in [2.05, 4.69) is 15.1 Å². The summed E-state index contributed by atoms with van der Waals surface area (Å²) in [6, 6.07) is 10.5. The molecule has 0 saturated heterocycles. The number of sulfonamides is 1. The van der Waals surface area contributed by atoms with E-state index >= 15 is 4.39 Å². The van der Waals surface area contributed by atoms with Gasteiger partial charge in [0.25, 0.3) is 11.1 Å². The fourth-order valence-electron chi connectivity index (χ4n) is 3.84. The van der Waals surface area contributed by atoms with Crippen molar-refractivity contribution in [2.24, 2.45) is 7.05 Å². The second-order valence-electron chi connectivity index (χ2n) is 8.77. The molecule has 4 rings (SSSR count). The van der Waals surface area contributed by atoms with Gasteiger partial charge in [0.05, 0.1) is 27.5 Å². The molecule has 0 bridgehead atoms. The molecule has 2 aromatic heterocycles. The number of rotatable bonds is 7. The van der Waals surface area contributed by atoms with E-state index in [1.165, 1.54) is 39.1 Å². The van der Waals surface area contributed by atoms with E-state index in [-0.39, 0.29) is 34.5 Å². The first kappa shape index (κ1) is 27.7. The van der Waals surface area contributed by atoms with Crippen LogP contribution in [0.3, 0.4) is 0 Å². The molecule has 0 radical (unpaired) electrons. The summed E-state index contributed by atoms with van der Waals surface area (Å²) in [5.74, 6) is -1.95. The van der Waals surface area contributed by atoms with Gasteiger partial charge in [-0.1, -0.05) is 12.1 Å². The van der Waals surface area contributed by atoms with Crippen molar-refractivity contribution < 1.29 is 17.2 Å². The third-order valence-electron chi connectivity index (χ3n) is 5.93. The molecule has 200 valence electrons. The average molecular weight is 655 g/mol. The van der Waals surface area contributed by atoms with Crippen LogP contribution < -0.4 is 21.2 Å². The van der Waals surface area contributed by atoms with Crippen molar-refractivity contribution in [1.29, 1.82) is 0 Å². The molecule has 0 amide bonds. The lowest BCUT2D eigenvalue weighted by Gasteiger charge is -2.18. The molecule has 0 unspecified atom stereocenters. The fourth-order valence-corrected chi connectivity index (χ4v) is 4.99. The van der Waals surface area contributed by atoms with Crippen LogP contribution in [0.2, 0.25) is 0 Å². The Morgan fingerprint density at radius 2 is 1.79 bits per heavy atom. The number of anilines is 3. The third-order valence-corrected chi connectivity index (χ3v) is 8.37. The molecule has 4 aromatic rings. The van der Waals surface area contributed by atoms with E-state index in [0.29, 0.717) is 9.13 Å². The molecule has 2 N–H and O–H groups in total. The number of halogens is 3. The van der Waals surface area contributed by atoms with E-state index in [1.54, 1.807) is 31.2 Å². The maximum atomic E-state index is 15.4. The summed E-state index contributed by atoms with van der Waals surface area (Å²) in [5.41, 5.74) is -1.59. The third kappa shape index (κ3) is 5.04. The lowest BCUT2D eigenvalue weighted by molar-refractivity contribution is 0.592. The topological polar surface area (TPSA) is 115 Å². The molecule has 38 heavy (non-hydrogen) atoms. The first-order valence-electron chi connectivity index (χ1n) is 11.5. The van der Waals surface area contributed by atoms with Crippen LogP contribution in [0.5, 0.6) is 0 Å². The Bertz CT molecular complexity index is 1800. The van der Waals surface area contributed by atoms with E-state index in [0.717, 1.165) is 9.25 Å². The van der Waals surface area contributed by atoms with Crippen LogP contribution in [0.4, 0.5) is 25.8 Å². The zero-order valence-electron chi connectivity index (χ0n) is 20.8. The molecule has 0 spiro atoms. The molecule has 2 aromatic carbocycles. The van der Waals surface area contributed by atoms with E-state index in [9.17, 15) is 22.4 Å². The number of nitrogens with one attached hydrogen (secondary N) is 2. The Kier molecular flexibility index (Phi) is 7.61.